The van der Waals surface area contributed by atoms with Gasteiger partial charge in [0.05, 0.1) is 45.7 Å². The standard InChI is InChI=1S/C28H21Br2N3O6/c1-15(28(35)37-3)38-25-19(29)11-16(12-20(25)30)14-31-33-26(32-21-8-5-4-7-17(21)27(33)34)24-13-18-22(36-2)9-6-10-23(18)39-24/h4-15H,1-3H3/t15-/m0/s1. The first-order valence-corrected chi connectivity index (χ1v) is 13.3. The van der Waals surface area contributed by atoms with Crippen LogP contribution in [0.5, 0.6) is 11.5 Å². The van der Waals surface area contributed by atoms with Crippen molar-refractivity contribution in [1.82, 2.24) is 9.66 Å². The highest BCUT2D eigenvalue weighted by molar-refractivity contribution is 9.11. The topological polar surface area (TPSA) is 105 Å². The molecule has 39 heavy (non-hydrogen) atoms. The number of nitrogens with zero attached hydrogens (tertiary/aromatic N) is 3. The number of fused-ring (bicyclic) bond motifs is 2. The number of hydrogen-bond donors (Lipinski definition) is 0. The van der Waals surface area contributed by atoms with Gasteiger partial charge in [0.15, 0.2) is 11.9 Å². The summed E-state index contributed by atoms with van der Waals surface area (Å²) in [5, 5.41) is 5.66. The van der Waals surface area contributed by atoms with Gasteiger partial charge in [-0.05, 0) is 86.8 Å². The van der Waals surface area contributed by atoms with Gasteiger partial charge in [-0.25, -0.2) is 9.78 Å². The first-order valence-electron chi connectivity index (χ1n) is 11.7. The Hall–Kier alpha value is -3.96. The summed E-state index contributed by atoms with van der Waals surface area (Å²) < 4.78 is 24.3. The zero-order valence-electron chi connectivity index (χ0n) is 21.0. The number of methoxy groups -OCH3 is 2. The Morgan fingerprint density at radius 1 is 1.05 bits per heavy atom. The number of aromatic nitrogens is 2. The Kier molecular flexibility index (Phi) is 7.53. The van der Waals surface area contributed by atoms with E-state index in [0.29, 0.717) is 48.3 Å². The molecule has 0 unspecified atom stereocenters. The number of para-hydroxylation sites is 1. The number of benzene rings is 3. The highest BCUT2D eigenvalue weighted by Crippen LogP contribution is 2.36. The third-order valence-electron chi connectivity index (χ3n) is 5.89. The Morgan fingerprint density at radius 2 is 1.79 bits per heavy atom. The number of halogens is 2. The normalized spacial score (nSPS) is 12.2. The van der Waals surface area contributed by atoms with Crippen molar-refractivity contribution in [2.24, 2.45) is 5.10 Å². The minimum atomic E-state index is -0.811. The van der Waals surface area contributed by atoms with E-state index in [2.05, 4.69) is 37.0 Å². The quantitative estimate of drug-likeness (QED) is 0.153. The van der Waals surface area contributed by atoms with Gasteiger partial charge in [0.25, 0.3) is 5.56 Å². The van der Waals surface area contributed by atoms with Crippen LogP contribution in [-0.4, -0.2) is 42.2 Å². The lowest BCUT2D eigenvalue weighted by atomic mass is 10.2. The Morgan fingerprint density at radius 3 is 2.51 bits per heavy atom. The fourth-order valence-corrected chi connectivity index (χ4v) is 5.40. The Labute approximate surface area is 239 Å². The summed E-state index contributed by atoms with van der Waals surface area (Å²) >= 11 is 6.96. The molecule has 11 heteroatoms. The maximum Gasteiger partial charge on any atom is 0.346 e. The molecule has 3 aromatic carbocycles. The van der Waals surface area contributed by atoms with E-state index in [1.54, 1.807) is 50.4 Å². The summed E-state index contributed by atoms with van der Waals surface area (Å²) in [5.41, 5.74) is 1.39. The average molecular weight is 655 g/mol. The van der Waals surface area contributed by atoms with Gasteiger partial charge in [-0.3, -0.25) is 4.79 Å². The molecule has 0 saturated carbocycles. The summed E-state index contributed by atoms with van der Waals surface area (Å²) in [4.78, 5) is 30.0. The molecular weight excluding hydrogens is 634 g/mol. The van der Waals surface area contributed by atoms with Crippen molar-refractivity contribution in [3.8, 4) is 23.1 Å². The molecule has 1 atom stereocenters. The third-order valence-corrected chi connectivity index (χ3v) is 7.06. The molecule has 0 bridgehead atoms. The predicted octanol–water partition coefficient (Wildman–Crippen LogP) is 6.17. The van der Waals surface area contributed by atoms with Crippen molar-refractivity contribution in [2.75, 3.05) is 14.2 Å². The number of rotatable bonds is 7. The number of ether oxygens (including phenoxy) is 3. The molecule has 0 N–H and O–H groups in total. The predicted molar refractivity (Wildman–Crippen MR) is 155 cm³/mol. The minimum absolute atomic E-state index is 0.234. The fraction of sp³-hybridized carbons (Fsp3) is 0.143. The molecule has 0 amide bonds. The van der Waals surface area contributed by atoms with Crippen molar-refractivity contribution in [3.05, 3.63) is 85.5 Å². The Bertz CT molecular complexity index is 1790. The molecule has 0 aliphatic rings. The van der Waals surface area contributed by atoms with Gasteiger partial charge in [-0.2, -0.15) is 9.78 Å². The summed E-state index contributed by atoms with van der Waals surface area (Å²) in [6.07, 6.45) is 0.711. The molecule has 198 valence electrons. The molecule has 5 rings (SSSR count). The van der Waals surface area contributed by atoms with E-state index in [9.17, 15) is 9.59 Å². The van der Waals surface area contributed by atoms with E-state index < -0.39 is 12.1 Å². The monoisotopic (exact) mass is 653 g/mol. The van der Waals surface area contributed by atoms with Gasteiger partial charge in [0.1, 0.15) is 17.1 Å². The largest absolute Gasteiger partial charge is 0.496 e. The molecule has 5 aromatic rings. The lowest BCUT2D eigenvalue weighted by Gasteiger charge is -2.15. The second kappa shape index (κ2) is 11.0. The average Bonchev–Trinajstić information content (AvgIpc) is 3.38. The first kappa shape index (κ1) is 26.6. The van der Waals surface area contributed by atoms with Crippen LogP contribution in [0.2, 0.25) is 0 Å². The SMILES string of the molecule is COC(=O)[C@H](C)Oc1c(Br)cc(C=Nn2c(-c3cc4c(OC)cccc4o3)nc3ccccc3c2=O)cc1Br. The van der Waals surface area contributed by atoms with E-state index >= 15 is 0 Å². The van der Waals surface area contributed by atoms with E-state index in [4.69, 9.17) is 23.6 Å². The van der Waals surface area contributed by atoms with Crippen LogP contribution in [0, 0.1) is 0 Å². The maximum atomic E-state index is 13.5. The van der Waals surface area contributed by atoms with Crippen molar-refractivity contribution in [2.45, 2.75) is 13.0 Å². The van der Waals surface area contributed by atoms with Gasteiger partial charge in [-0.1, -0.05) is 18.2 Å². The molecule has 2 heterocycles. The second-order valence-corrected chi connectivity index (χ2v) is 10.1. The highest BCUT2D eigenvalue weighted by Gasteiger charge is 2.20. The highest BCUT2D eigenvalue weighted by atomic mass is 79.9. The second-order valence-electron chi connectivity index (χ2n) is 8.39. The van der Waals surface area contributed by atoms with Crippen molar-refractivity contribution in [1.29, 1.82) is 0 Å². The summed E-state index contributed by atoms with van der Waals surface area (Å²) in [7, 11) is 2.88. The molecule has 0 spiro atoms. The molecular formula is C28H21Br2N3O6. The molecule has 2 aromatic heterocycles. The van der Waals surface area contributed by atoms with Crippen LogP contribution in [0.25, 0.3) is 33.5 Å². The van der Waals surface area contributed by atoms with Crippen molar-refractivity contribution in [3.63, 3.8) is 0 Å². The molecule has 9 nitrogen and oxygen atoms in total. The smallest absolute Gasteiger partial charge is 0.346 e. The molecule has 0 aliphatic heterocycles. The van der Waals surface area contributed by atoms with Gasteiger partial charge in [0, 0.05) is 0 Å². The van der Waals surface area contributed by atoms with E-state index in [1.807, 2.05) is 24.3 Å². The molecule has 0 aliphatic carbocycles. The number of esters is 1. The van der Waals surface area contributed by atoms with Gasteiger partial charge < -0.3 is 18.6 Å². The van der Waals surface area contributed by atoms with Crippen LogP contribution in [0.4, 0.5) is 0 Å². The number of furan rings is 1. The molecule has 0 fully saturated rings. The molecule has 0 saturated heterocycles. The van der Waals surface area contributed by atoms with Crippen LogP contribution in [0.3, 0.4) is 0 Å². The van der Waals surface area contributed by atoms with Crippen LogP contribution in [-0.2, 0) is 9.53 Å². The van der Waals surface area contributed by atoms with Gasteiger partial charge >= 0.3 is 5.97 Å². The van der Waals surface area contributed by atoms with Crippen LogP contribution < -0.4 is 15.0 Å². The summed E-state index contributed by atoms with van der Waals surface area (Å²) in [6.45, 7) is 1.59. The minimum Gasteiger partial charge on any atom is -0.496 e. The number of hydrogen-bond acceptors (Lipinski definition) is 8. The third kappa shape index (κ3) is 5.19. The summed E-state index contributed by atoms with van der Waals surface area (Å²) in [5.74, 6) is 1.15. The van der Waals surface area contributed by atoms with Crippen LogP contribution >= 0.6 is 31.9 Å². The number of carbonyl (C=O) groups is 1. The number of carbonyl (C=O) groups excluding carboxylic acids is 1. The van der Waals surface area contributed by atoms with Gasteiger partial charge in [0.2, 0.25) is 5.82 Å². The zero-order chi connectivity index (χ0) is 27.7. The van der Waals surface area contributed by atoms with E-state index in [0.717, 1.165) is 5.39 Å². The van der Waals surface area contributed by atoms with Crippen molar-refractivity contribution >= 4 is 65.9 Å². The first-order chi connectivity index (χ1) is 18.8. The summed E-state index contributed by atoms with van der Waals surface area (Å²) in [6, 6.07) is 17.8. The van der Waals surface area contributed by atoms with E-state index in [-0.39, 0.29) is 11.4 Å². The zero-order valence-corrected chi connectivity index (χ0v) is 24.1. The maximum absolute atomic E-state index is 13.5. The van der Waals surface area contributed by atoms with Gasteiger partial charge in [-0.15, -0.1) is 0 Å². The van der Waals surface area contributed by atoms with Crippen LogP contribution in [0.1, 0.15) is 12.5 Å². The van der Waals surface area contributed by atoms with E-state index in [1.165, 1.54) is 18.0 Å². The molecule has 0 radical (unpaired) electrons. The fourth-order valence-electron chi connectivity index (χ4n) is 3.99. The lowest BCUT2D eigenvalue weighted by Crippen LogP contribution is -2.25. The van der Waals surface area contributed by atoms with Crippen molar-refractivity contribution < 1.29 is 23.4 Å². The Balaban J connectivity index is 1.60. The lowest BCUT2D eigenvalue weighted by molar-refractivity contribution is -0.147. The van der Waals surface area contributed by atoms with Crippen LogP contribution in [0.15, 0.2) is 83.9 Å².